The summed E-state index contributed by atoms with van der Waals surface area (Å²) in [6.45, 7) is 3.89. The van der Waals surface area contributed by atoms with Crippen LogP contribution in [0.1, 0.15) is 11.3 Å². The lowest BCUT2D eigenvalue weighted by Crippen LogP contribution is -2.18. The molecule has 2 amide bonds. The van der Waals surface area contributed by atoms with Gasteiger partial charge in [0.1, 0.15) is 5.00 Å². The average Bonchev–Trinajstić information content (AvgIpc) is 2.67. The van der Waals surface area contributed by atoms with Gasteiger partial charge in [-0.3, -0.25) is 5.32 Å². The molecule has 0 spiro atoms. The van der Waals surface area contributed by atoms with Gasteiger partial charge < -0.3 is 5.32 Å². The molecule has 2 N–H and O–H groups in total. The number of amides is 2. The molecule has 0 radical (unpaired) electrons. The molecule has 0 aliphatic rings. The van der Waals surface area contributed by atoms with Crippen molar-refractivity contribution in [1.82, 2.24) is 4.37 Å². The summed E-state index contributed by atoms with van der Waals surface area (Å²) in [7, 11) is 0. The first-order valence-electron chi connectivity index (χ1n) is 5.21. The number of carbonyl (C=O) groups is 1. The van der Waals surface area contributed by atoms with Crippen molar-refractivity contribution in [2.24, 2.45) is 0 Å². The van der Waals surface area contributed by atoms with Crippen LogP contribution in [0, 0.1) is 13.8 Å². The molecule has 17 heavy (non-hydrogen) atoms. The third-order valence-electron chi connectivity index (χ3n) is 2.17. The van der Waals surface area contributed by atoms with Gasteiger partial charge in [-0.1, -0.05) is 17.7 Å². The van der Waals surface area contributed by atoms with E-state index in [9.17, 15) is 4.79 Å². The van der Waals surface area contributed by atoms with Crippen molar-refractivity contribution in [2.75, 3.05) is 10.6 Å². The number of carbonyl (C=O) groups excluding carboxylic acids is 1. The van der Waals surface area contributed by atoms with Crippen LogP contribution in [0.5, 0.6) is 0 Å². The lowest BCUT2D eigenvalue weighted by atomic mass is 10.2. The number of hydrogen-bond acceptors (Lipinski definition) is 3. The summed E-state index contributed by atoms with van der Waals surface area (Å²) >= 11 is 1.27. The number of aryl methyl sites for hydroxylation is 2. The van der Waals surface area contributed by atoms with Gasteiger partial charge in [0.05, 0.1) is 5.69 Å². The quantitative estimate of drug-likeness (QED) is 0.854. The number of aromatic nitrogens is 1. The molecule has 0 atom stereocenters. The molecule has 0 fully saturated rings. The van der Waals surface area contributed by atoms with Crippen LogP contribution in [0.2, 0.25) is 0 Å². The molecule has 0 saturated carbocycles. The van der Waals surface area contributed by atoms with E-state index in [1.54, 1.807) is 0 Å². The number of nitrogens with one attached hydrogen (secondary N) is 2. The maximum absolute atomic E-state index is 11.6. The van der Waals surface area contributed by atoms with Crippen LogP contribution < -0.4 is 10.6 Å². The predicted octanol–water partition coefficient (Wildman–Crippen LogP) is 3.40. The van der Waals surface area contributed by atoms with Gasteiger partial charge in [-0.2, -0.15) is 4.37 Å². The summed E-state index contributed by atoms with van der Waals surface area (Å²) in [5.41, 5.74) is 2.84. The van der Waals surface area contributed by atoms with Crippen LogP contribution in [-0.2, 0) is 0 Å². The predicted molar refractivity (Wildman–Crippen MR) is 70.7 cm³/mol. The second-order valence-electron chi connectivity index (χ2n) is 3.78. The summed E-state index contributed by atoms with van der Waals surface area (Å²) in [6, 6.07) is 9.22. The van der Waals surface area contributed by atoms with E-state index < -0.39 is 0 Å². The van der Waals surface area contributed by atoms with Gasteiger partial charge >= 0.3 is 6.03 Å². The van der Waals surface area contributed by atoms with E-state index in [0.717, 1.165) is 21.9 Å². The topological polar surface area (TPSA) is 54.0 Å². The minimum atomic E-state index is -0.252. The Labute approximate surface area is 104 Å². The average molecular weight is 247 g/mol. The van der Waals surface area contributed by atoms with Crippen LogP contribution in [0.3, 0.4) is 0 Å². The van der Waals surface area contributed by atoms with Crippen LogP contribution in [0.4, 0.5) is 15.5 Å². The first-order chi connectivity index (χ1) is 8.13. The minimum absolute atomic E-state index is 0.252. The van der Waals surface area contributed by atoms with Crippen LogP contribution in [0.25, 0.3) is 0 Å². The lowest BCUT2D eigenvalue weighted by Gasteiger charge is -2.05. The number of benzene rings is 1. The zero-order valence-electron chi connectivity index (χ0n) is 9.65. The van der Waals surface area contributed by atoms with E-state index in [0.29, 0.717) is 0 Å². The maximum atomic E-state index is 11.6. The summed E-state index contributed by atoms with van der Waals surface area (Å²) in [6.07, 6.45) is 0. The molecule has 88 valence electrons. The lowest BCUT2D eigenvalue weighted by molar-refractivity contribution is 0.262. The molecule has 5 heteroatoms. The summed E-state index contributed by atoms with van der Waals surface area (Å²) in [4.78, 5) is 11.6. The molecule has 1 heterocycles. The van der Waals surface area contributed by atoms with Gasteiger partial charge in [-0.25, -0.2) is 4.79 Å². The molecular weight excluding hydrogens is 234 g/mol. The fraction of sp³-hybridized carbons (Fsp3) is 0.167. The highest BCUT2D eigenvalue weighted by atomic mass is 32.1. The molecule has 0 aliphatic heterocycles. The van der Waals surface area contributed by atoms with E-state index >= 15 is 0 Å². The van der Waals surface area contributed by atoms with Gasteiger partial charge in [0.25, 0.3) is 0 Å². The van der Waals surface area contributed by atoms with Crippen molar-refractivity contribution >= 4 is 28.3 Å². The number of urea groups is 1. The molecule has 2 rings (SSSR count). The van der Waals surface area contributed by atoms with Gasteiger partial charge in [-0.05, 0) is 43.6 Å². The Balaban J connectivity index is 1.95. The highest BCUT2D eigenvalue weighted by Gasteiger charge is 2.04. The fourth-order valence-corrected chi connectivity index (χ4v) is 1.99. The second kappa shape index (κ2) is 4.97. The molecule has 4 nitrogen and oxygen atoms in total. The maximum Gasteiger partial charge on any atom is 0.324 e. The van der Waals surface area contributed by atoms with E-state index in [4.69, 9.17) is 0 Å². The van der Waals surface area contributed by atoms with Gasteiger partial charge in [0.2, 0.25) is 0 Å². The largest absolute Gasteiger partial charge is 0.324 e. The van der Waals surface area contributed by atoms with Crippen molar-refractivity contribution in [1.29, 1.82) is 0 Å². The number of nitrogens with zero attached hydrogens (tertiary/aromatic N) is 1. The van der Waals surface area contributed by atoms with Crippen LogP contribution in [-0.4, -0.2) is 10.4 Å². The Kier molecular flexibility index (Phi) is 3.39. The monoisotopic (exact) mass is 247 g/mol. The standard InChI is InChI=1S/C12H13N3OS/c1-8-3-5-10(6-4-8)13-12(16)14-11-7-9(2)15-17-11/h3-7H,1-2H3,(H2,13,14,16). The van der Waals surface area contributed by atoms with E-state index in [-0.39, 0.29) is 6.03 Å². The van der Waals surface area contributed by atoms with Crippen molar-refractivity contribution in [3.05, 3.63) is 41.6 Å². The Bertz CT molecular complexity index is 519. The molecule has 1 aromatic heterocycles. The number of anilines is 2. The molecule has 1 aromatic carbocycles. The van der Waals surface area contributed by atoms with Crippen molar-refractivity contribution < 1.29 is 4.79 Å². The van der Waals surface area contributed by atoms with E-state index in [1.807, 2.05) is 44.2 Å². The van der Waals surface area contributed by atoms with E-state index in [2.05, 4.69) is 15.0 Å². The van der Waals surface area contributed by atoms with Crippen LogP contribution in [0.15, 0.2) is 30.3 Å². The third kappa shape index (κ3) is 3.29. The zero-order valence-corrected chi connectivity index (χ0v) is 10.5. The number of hydrogen-bond donors (Lipinski definition) is 2. The van der Waals surface area contributed by atoms with Gasteiger partial charge in [-0.15, -0.1) is 0 Å². The Morgan fingerprint density at radius 3 is 2.47 bits per heavy atom. The normalized spacial score (nSPS) is 10.0. The van der Waals surface area contributed by atoms with Gasteiger partial charge in [0.15, 0.2) is 0 Å². The Morgan fingerprint density at radius 2 is 1.88 bits per heavy atom. The van der Waals surface area contributed by atoms with Crippen molar-refractivity contribution in [2.45, 2.75) is 13.8 Å². The molecule has 0 aliphatic carbocycles. The summed E-state index contributed by atoms with van der Waals surface area (Å²) < 4.78 is 4.09. The first-order valence-corrected chi connectivity index (χ1v) is 5.99. The first kappa shape index (κ1) is 11.6. The highest BCUT2D eigenvalue weighted by molar-refractivity contribution is 7.10. The van der Waals surface area contributed by atoms with Crippen molar-refractivity contribution in [3.63, 3.8) is 0 Å². The fourth-order valence-electron chi connectivity index (χ4n) is 1.33. The summed E-state index contributed by atoms with van der Waals surface area (Å²) in [5.74, 6) is 0. The van der Waals surface area contributed by atoms with Crippen molar-refractivity contribution in [3.8, 4) is 0 Å². The number of rotatable bonds is 2. The third-order valence-corrected chi connectivity index (χ3v) is 2.97. The zero-order chi connectivity index (χ0) is 12.3. The van der Waals surface area contributed by atoms with Gasteiger partial charge in [0, 0.05) is 5.69 Å². The van der Waals surface area contributed by atoms with Crippen LogP contribution >= 0.6 is 11.5 Å². The van der Waals surface area contributed by atoms with E-state index in [1.165, 1.54) is 11.5 Å². The Hall–Kier alpha value is -1.88. The highest BCUT2D eigenvalue weighted by Crippen LogP contribution is 2.16. The Morgan fingerprint density at radius 1 is 1.18 bits per heavy atom. The molecule has 2 aromatic rings. The summed E-state index contributed by atoms with van der Waals surface area (Å²) in [5, 5.41) is 6.23. The molecular formula is C12H13N3OS. The second-order valence-corrected chi connectivity index (χ2v) is 4.58. The SMILES string of the molecule is Cc1ccc(NC(=O)Nc2cc(C)ns2)cc1. The molecule has 0 unspecified atom stereocenters. The molecule has 0 bridgehead atoms. The minimum Gasteiger partial charge on any atom is -0.308 e. The smallest absolute Gasteiger partial charge is 0.308 e. The molecule has 0 saturated heterocycles.